The Labute approximate surface area is 118 Å². The lowest BCUT2D eigenvalue weighted by atomic mass is 10.2. The molecule has 1 heterocycles. The van der Waals surface area contributed by atoms with Crippen molar-refractivity contribution >= 4 is 5.82 Å². The lowest BCUT2D eigenvalue weighted by molar-refractivity contribution is -0.290. The normalized spacial score (nSPS) is 12.4. The third-order valence-electron chi connectivity index (χ3n) is 2.66. The Morgan fingerprint density at radius 2 is 1.76 bits per heavy atom. The Morgan fingerprint density at radius 3 is 2.24 bits per heavy atom. The standard InChI is InChI=1S/C12H16F5N3O/c1-4-5-8-19-9(18-3)7(2)10(20-8)21-6-11(13,14)12(15,16)17/h4-6H2,1-3H3,(H,18,19,20). The van der Waals surface area contributed by atoms with Gasteiger partial charge in [-0.15, -0.1) is 0 Å². The summed E-state index contributed by atoms with van der Waals surface area (Å²) in [5, 5.41) is 2.72. The van der Waals surface area contributed by atoms with Gasteiger partial charge in [0.25, 0.3) is 0 Å². The molecule has 0 atom stereocenters. The first-order valence-electron chi connectivity index (χ1n) is 6.25. The second kappa shape index (κ2) is 6.40. The Kier molecular flexibility index (Phi) is 5.30. The summed E-state index contributed by atoms with van der Waals surface area (Å²) in [7, 11) is 1.55. The van der Waals surface area contributed by atoms with Gasteiger partial charge in [-0.05, 0) is 13.3 Å². The van der Waals surface area contributed by atoms with Gasteiger partial charge >= 0.3 is 12.1 Å². The predicted octanol–water partition coefficient (Wildman–Crippen LogP) is 3.36. The Balaban J connectivity index is 3.00. The number of alkyl halides is 5. The number of hydrogen-bond donors (Lipinski definition) is 1. The molecule has 0 saturated carbocycles. The summed E-state index contributed by atoms with van der Waals surface area (Å²) in [5.41, 5.74) is 0.273. The van der Waals surface area contributed by atoms with Crippen LogP contribution >= 0.6 is 0 Å². The Bertz CT molecular complexity index is 491. The number of anilines is 1. The minimum absolute atomic E-state index is 0.273. The Morgan fingerprint density at radius 1 is 1.14 bits per heavy atom. The van der Waals surface area contributed by atoms with Gasteiger partial charge in [0, 0.05) is 13.5 Å². The van der Waals surface area contributed by atoms with Crippen LogP contribution in [-0.4, -0.2) is 35.7 Å². The van der Waals surface area contributed by atoms with E-state index in [0.29, 0.717) is 24.5 Å². The highest BCUT2D eigenvalue weighted by molar-refractivity contribution is 5.48. The van der Waals surface area contributed by atoms with E-state index >= 15 is 0 Å². The summed E-state index contributed by atoms with van der Waals surface area (Å²) in [4.78, 5) is 8.00. The zero-order valence-electron chi connectivity index (χ0n) is 11.8. The van der Waals surface area contributed by atoms with Crippen molar-refractivity contribution in [3.05, 3.63) is 11.4 Å². The first-order chi connectivity index (χ1) is 9.62. The zero-order valence-corrected chi connectivity index (χ0v) is 11.8. The molecule has 0 radical (unpaired) electrons. The molecule has 4 nitrogen and oxygen atoms in total. The molecule has 0 aliphatic carbocycles. The maximum absolute atomic E-state index is 12.9. The van der Waals surface area contributed by atoms with E-state index in [1.807, 2.05) is 6.92 Å². The van der Waals surface area contributed by atoms with Gasteiger partial charge in [-0.2, -0.15) is 26.9 Å². The molecule has 0 spiro atoms. The molecule has 1 N–H and O–H groups in total. The van der Waals surface area contributed by atoms with Gasteiger partial charge < -0.3 is 10.1 Å². The summed E-state index contributed by atoms with van der Waals surface area (Å²) in [5.74, 6) is -4.56. The molecule has 1 aromatic heterocycles. The first-order valence-corrected chi connectivity index (χ1v) is 6.25. The summed E-state index contributed by atoms with van der Waals surface area (Å²) in [6.45, 7) is 1.52. The summed E-state index contributed by atoms with van der Waals surface area (Å²) >= 11 is 0. The molecule has 0 unspecified atom stereocenters. The monoisotopic (exact) mass is 313 g/mol. The van der Waals surface area contributed by atoms with Gasteiger partial charge in [-0.1, -0.05) is 6.92 Å². The van der Waals surface area contributed by atoms with Crippen LogP contribution < -0.4 is 10.1 Å². The van der Waals surface area contributed by atoms with Crippen molar-refractivity contribution in [2.45, 2.75) is 38.8 Å². The van der Waals surface area contributed by atoms with Gasteiger partial charge in [-0.25, -0.2) is 4.98 Å². The topological polar surface area (TPSA) is 47.0 Å². The van der Waals surface area contributed by atoms with Crippen molar-refractivity contribution in [1.82, 2.24) is 9.97 Å². The smallest absolute Gasteiger partial charge is 0.456 e. The average Bonchev–Trinajstić information content (AvgIpc) is 2.38. The molecule has 0 aromatic carbocycles. The number of halogens is 5. The van der Waals surface area contributed by atoms with E-state index in [1.54, 1.807) is 7.05 Å². The molecule has 0 fully saturated rings. The van der Waals surface area contributed by atoms with Gasteiger partial charge in [0.15, 0.2) is 6.61 Å². The number of rotatable bonds is 6. The number of aryl methyl sites for hydroxylation is 1. The minimum Gasteiger partial charge on any atom is -0.471 e. The first kappa shape index (κ1) is 17.4. The highest BCUT2D eigenvalue weighted by Crippen LogP contribution is 2.36. The van der Waals surface area contributed by atoms with Crippen LogP contribution in [0.1, 0.15) is 24.7 Å². The van der Waals surface area contributed by atoms with Gasteiger partial charge in [-0.3, -0.25) is 0 Å². The highest BCUT2D eigenvalue weighted by Gasteiger charge is 2.58. The van der Waals surface area contributed by atoms with Crippen LogP contribution in [-0.2, 0) is 6.42 Å². The largest absolute Gasteiger partial charge is 0.471 e. The molecule has 9 heteroatoms. The number of aromatic nitrogens is 2. The van der Waals surface area contributed by atoms with Crippen LogP contribution in [0.2, 0.25) is 0 Å². The number of nitrogens with one attached hydrogen (secondary N) is 1. The maximum Gasteiger partial charge on any atom is 0.456 e. The third kappa shape index (κ3) is 4.15. The van der Waals surface area contributed by atoms with Crippen molar-refractivity contribution in [2.24, 2.45) is 0 Å². The van der Waals surface area contributed by atoms with Crippen molar-refractivity contribution in [2.75, 3.05) is 19.0 Å². The van der Waals surface area contributed by atoms with E-state index in [2.05, 4.69) is 20.0 Å². The van der Waals surface area contributed by atoms with E-state index < -0.39 is 18.7 Å². The van der Waals surface area contributed by atoms with Crippen LogP contribution in [0.5, 0.6) is 5.88 Å². The fourth-order valence-corrected chi connectivity index (χ4v) is 1.50. The zero-order chi connectivity index (χ0) is 16.3. The molecule has 0 aliphatic rings. The van der Waals surface area contributed by atoms with Crippen molar-refractivity contribution in [1.29, 1.82) is 0 Å². The molecular weight excluding hydrogens is 297 g/mol. The summed E-state index contributed by atoms with van der Waals surface area (Å²) in [6.07, 6.45) is -4.50. The van der Waals surface area contributed by atoms with E-state index in [0.717, 1.165) is 0 Å². The van der Waals surface area contributed by atoms with Gasteiger partial charge in [0.1, 0.15) is 11.6 Å². The van der Waals surface area contributed by atoms with E-state index in [-0.39, 0.29) is 11.4 Å². The van der Waals surface area contributed by atoms with Gasteiger partial charge in [0.2, 0.25) is 5.88 Å². The van der Waals surface area contributed by atoms with Crippen LogP contribution in [0.3, 0.4) is 0 Å². The second-order valence-corrected chi connectivity index (χ2v) is 4.41. The fourth-order valence-electron chi connectivity index (χ4n) is 1.50. The van der Waals surface area contributed by atoms with E-state index in [1.165, 1.54) is 6.92 Å². The second-order valence-electron chi connectivity index (χ2n) is 4.41. The molecule has 1 rings (SSSR count). The van der Waals surface area contributed by atoms with E-state index in [9.17, 15) is 22.0 Å². The molecule has 21 heavy (non-hydrogen) atoms. The lowest BCUT2D eigenvalue weighted by Crippen LogP contribution is -2.42. The molecule has 0 bridgehead atoms. The van der Waals surface area contributed by atoms with Crippen molar-refractivity contribution in [3.8, 4) is 5.88 Å². The van der Waals surface area contributed by atoms with Crippen molar-refractivity contribution in [3.63, 3.8) is 0 Å². The number of ether oxygens (including phenoxy) is 1. The molecular formula is C12H16F5N3O. The van der Waals surface area contributed by atoms with E-state index in [4.69, 9.17) is 0 Å². The fraction of sp³-hybridized carbons (Fsp3) is 0.667. The van der Waals surface area contributed by atoms with Crippen LogP contribution in [0.4, 0.5) is 27.8 Å². The third-order valence-corrected chi connectivity index (χ3v) is 2.66. The SMILES string of the molecule is CCCc1nc(NC)c(C)c(OCC(F)(F)C(F)(F)F)n1. The summed E-state index contributed by atoms with van der Waals surface area (Å²) in [6, 6.07) is 0. The minimum atomic E-state index is -5.66. The lowest BCUT2D eigenvalue weighted by Gasteiger charge is -2.20. The van der Waals surface area contributed by atoms with Crippen LogP contribution in [0.15, 0.2) is 0 Å². The molecule has 0 saturated heterocycles. The average molecular weight is 313 g/mol. The van der Waals surface area contributed by atoms with Gasteiger partial charge in [0.05, 0.1) is 5.56 Å². The number of nitrogens with zero attached hydrogens (tertiary/aromatic N) is 2. The van der Waals surface area contributed by atoms with Crippen LogP contribution in [0.25, 0.3) is 0 Å². The quantitative estimate of drug-likeness (QED) is 0.818. The summed E-state index contributed by atoms with van der Waals surface area (Å²) < 4.78 is 66.7. The Hall–Kier alpha value is -1.67. The highest BCUT2D eigenvalue weighted by atomic mass is 19.4. The molecule has 1 aromatic rings. The maximum atomic E-state index is 12.9. The predicted molar refractivity (Wildman–Crippen MR) is 66.8 cm³/mol. The van der Waals surface area contributed by atoms with Crippen LogP contribution in [0, 0.1) is 6.92 Å². The molecule has 0 amide bonds. The molecule has 0 aliphatic heterocycles. The van der Waals surface area contributed by atoms with Crippen molar-refractivity contribution < 1.29 is 26.7 Å². The number of hydrogen-bond acceptors (Lipinski definition) is 4. The molecule has 120 valence electrons.